The maximum Gasteiger partial charge on any atom is 0.329 e. The average Bonchev–Trinajstić information content (AvgIpc) is 2.83. The second-order valence-electron chi connectivity index (χ2n) is 7.31. The van der Waals surface area contributed by atoms with Crippen molar-refractivity contribution in [3.8, 4) is 5.75 Å². The lowest BCUT2D eigenvalue weighted by molar-refractivity contribution is -0.136. The fourth-order valence-electron chi connectivity index (χ4n) is 2.81. The fourth-order valence-corrected chi connectivity index (χ4v) is 2.94. The van der Waals surface area contributed by atoms with Crippen molar-refractivity contribution in [2.75, 3.05) is 17.2 Å². The van der Waals surface area contributed by atoms with E-state index in [9.17, 15) is 14.4 Å². The normalized spacial score (nSPS) is 10.6. The number of rotatable bonds is 7. The third-order valence-electron chi connectivity index (χ3n) is 4.82. The molecule has 0 atom stereocenters. The van der Waals surface area contributed by atoms with E-state index in [1.807, 2.05) is 19.9 Å². The van der Waals surface area contributed by atoms with Gasteiger partial charge in [-0.2, -0.15) is 5.10 Å². The highest BCUT2D eigenvalue weighted by Crippen LogP contribution is 2.18. The summed E-state index contributed by atoms with van der Waals surface area (Å²) in [6, 6.07) is 18.9. The van der Waals surface area contributed by atoms with E-state index in [1.165, 1.54) is 6.21 Å². The Hall–Kier alpha value is -4.17. The first-order valence-electron chi connectivity index (χ1n) is 10.3. The van der Waals surface area contributed by atoms with E-state index in [-0.39, 0.29) is 12.5 Å². The third kappa shape index (κ3) is 7.18. The van der Waals surface area contributed by atoms with Crippen LogP contribution in [0.3, 0.4) is 0 Å². The van der Waals surface area contributed by atoms with Gasteiger partial charge in [0.05, 0.1) is 6.21 Å². The molecule has 34 heavy (non-hydrogen) atoms. The third-order valence-corrected chi connectivity index (χ3v) is 5.07. The van der Waals surface area contributed by atoms with E-state index in [0.29, 0.717) is 27.7 Å². The van der Waals surface area contributed by atoms with Crippen molar-refractivity contribution in [2.24, 2.45) is 5.10 Å². The molecule has 0 saturated heterocycles. The molecule has 0 heterocycles. The first-order chi connectivity index (χ1) is 16.3. The largest absolute Gasteiger partial charge is 0.484 e. The number of benzene rings is 3. The summed E-state index contributed by atoms with van der Waals surface area (Å²) in [4.78, 5) is 36.0. The molecule has 0 radical (unpaired) electrons. The van der Waals surface area contributed by atoms with Crippen molar-refractivity contribution in [2.45, 2.75) is 13.8 Å². The Balaban J connectivity index is 1.44. The van der Waals surface area contributed by atoms with Crippen LogP contribution in [0, 0.1) is 13.8 Å². The van der Waals surface area contributed by atoms with Crippen LogP contribution >= 0.6 is 11.6 Å². The molecule has 0 spiro atoms. The van der Waals surface area contributed by atoms with Gasteiger partial charge in [0.25, 0.3) is 5.91 Å². The quantitative estimate of drug-likeness (QED) is 0.270. The van der Waals surface area contributed by atoms with Gasteiger partial charge in [0.15, 0.2) is 6.61 Å². The van der Waals surface area contributed by atoms with Gasteiger partial charge in [-0.3, -0.25) is 14.4 Å². The molecule has 0 aliphatic rings. The zero-order valence-corrected chi connectivity index (χ0v) is 19.3. The average molecular weight is 479 g/mol. The predicted octanol–water partition coefficient (Wildman–Crippen LogP) is 4.06. The number of aryl methyl sites for hydroxylation is 1. The van der Waals surface area contributed by atoms with Gasteiger partial charge in [0.1, 0.15) is 5.75 Å². The molecule has 0 aromatic heterocycles. The summed E-state index contributed by atoms with van der Waals surface area (Å²) < 4.78 is 5.46. The monoisotopic (exact) mass is 478 g/mol. The minimum absolute atomic E-state index is 0.165. The number of hydrogen-bond acceptors (Lipinski definition) is 5. The van der Waals surface area contributed by atoms with Gasteiger partial charge in [0.2, 0.25) is 0 Å². The molecule has 0 bridgehead atoms. The lowest BCUT2D eigenvalue weighted by Gasteiger charge is -2.09. The number of nitrogens with one attached hydrogen (secondary N) is 3. The van der Waals surface area contributed by atoms with E-state index >= 15 is 0 Å². The first kappa shape index (κ1) is 24.5. The molecule has 0 fully saturated rings. The maximum atomic E-state index is 12.1. The Morgan fingerprint density at radius 2 is 1.62 bits per heavy atom. The molecule has 9 heteroatoms. The molecule has 0 aliphatic heterocycles. The Morgan fingerprint density at radius 1 is 0.912 bits per heavy atom. The van der Waals surface area contributed by atoms with Gasteiger partial charge in [-0.05, 0) is 85.1 Å². The molecule has 3 aromatic carbocycles. The summed E-state index contributed by atoms with van der Waals surface area (Å²) in [5.74, 6) is -1.52. The second-order valence-corrected chi connectivity index (χ2v) is 7.75. The number of carbonyl (C=O) groups is 3. The van der Waals surface area contributed by atoms with Crippen molar-refractivity contribution in [3.05, 3.63) is 88.4 Å². The van der Waals surface area contributed by atoms with Crippen LogP contribution in [0.15, 0.2) is 71.8 Å². The number of hydrazone groups is 1. The van der Waals surface area contributed by atoms with Crippen LogP contribution in [0.2, 0.25) is 5.02 Å². The van der Waals surface area contributed by atoms with Crippen LogP contribution in [0.4, 0.5) is 11.4 Å². The molecule has 3 amide bonds. The first-order valence-corrected chi connectivity index (χ1v) is 10.7. The molecule has 0 unspecified atom stereocenters. The molecule has 3 N–H and O–H groups in total. The SMILES string of the molecule is Cc1cccc(NC(=O)C(=O)N/N=C\c2ccc(OCC(=O)Nc3ccc(Cl)cc3)cc2)c1C. The zero-order chi connectivity index (χ0) is 24.5. The van der Waals surface area contributed by atoms with Gasteiger partial charge in [-0.1, -0.05) is 23.7 Å². The number of ether oxygens (including phenoxy) is 1. The Labute approximate surface area is 202 Å². The van der Waals surface area contributed by atoms with Crippen LogP contribution in [0.5, 0.6) is 5.75 Å². The highest BCUT2D eigenvalue weighted by atomic mass is 35.5. The van der Waals surface area contributed by atoms with Crippen molar-refractivity contribution in [3.63, 3.8) is 0 Å². The fraction of sp³-hybridized carbons (Fsp3) is 0.120. The van der Waals surface area contributed by atoms with Gasteiger partial charge < -0.3 is 15.4 Å². The molecular formula is C25H23ClN4O4. The smallest absolute Gasteiger partial charge is 0.329 e. The lowest BCUT2D eigenvalue weighted by Crippen LogP contribution is -2.32. The minimum atomic E-state index is -0.885. The topological polar surface area (TPSA) is 109 Å². The maximum absolute atomic E-state index is 12.1. The summed E-state index contributed by atoms with van der Waals surface area (Å²) >= 11 is 5.82. The van der Waals surface area contributed by atoms with Gasteiger partial charge in [-0.15, -0.1) is 0 Å². The summed E-state index contributed by atoms with van der Waals surface area (Å²) in [5, 5.41) is 9.65. The summed E-state index contributed by atoms with van der Waals surface area (Å²) in [6.45, 7) is 3.62. The Kier molecular flexibility index (Phi) is 8.37. The lowest BCUT2D eigenvalue weighted by atomic mass is 10.1. The summed E-state index contributed by atoms with van der Waals surface area (Å²) in [6.07, 6.45) is 1.39. The number of amides is 3. The highest BCUT2D eigenvalue weighted by Gasteiger charge is 2.14. The number of hydrogen-bond donors (Lipinski definition) is 3. The number of anilines is 2. The molecular weight excluding hydrogens is 456 g/mol. The van der Waals surface area contributed by atoms with Crippen molar-refractivity contribution in [1.82, 2.24) is 5.43 Å². The molecule has 174 valence electrons. The number of nitrogens with zero attached hydrogens (tertiary/aromatic N) is 1. The van der Waals surface area contributed by atoms with Crippen LogP contribution in [-0.2, 0) is 14.4 Å². The van der Waals surface area contributed by atoms with Gasteiger partial charge >= 0.3 is 11.8 Å². The van der Waals surface area contributed by atoms with Crippen LogP contribution in [-0.4, -0.2) is 30.5 Å². The van der Waals surface area contributed by atoms with Gasteiger partial charge in [0, 0.05) is 16.4 Å². The van der Waals surface area contributed by atoms with Crippen LogP contribution in [0.1, 0.15) is 16.7 Å². The van der Waals surface area contributed by atoms with E-state index in [4.69, 9.17) is 16.3 Å². The number of carbonyl (C=O) groups excluding carboxylic acids is 3. The van der Waals surface area contributed by atoms with E-state index in [2.05, 4.69) is 21.2 Å². The van der Waals surface area contributed by atoms with E-state index in [1.54, 1.807) is 60.7 Å². The molecule has 3 rings (SSSR count). The molecule has 0 saturated carbocycles. The highest BCUT2D eigenvalue weighted by molar-refractivity contribution is 6.39. The van der Waals surface area contributed by atoms with Crippen LogP contribution < -0.4 is 20.8 Å². The number of halogens is 1. The van der Waals surface area contributed by atoms with E-state index in [0.717, 1.165) is 11.1 Å². The molecule has 0 aliphatic carbocycles. The zero-order valence-electron chi connectivity index (χ0n) is 18.6. The second kappa shape index (κ2) is 11.6. The van der Waals surface area contributed by atoms with Crippen molar-refractivity contribution >= 4 is 46.9 Å². The summed E-state index contributed by atoms with van der Waals surface area (Å²) in [7, 11) is 0. The molecule has 3 aromatic rings. The Bertz CT molecular complexity index is 1210. The van der Waals surface area contributed by atoms with Gasteiger partial charge in [-0.25, -0.2) is 5.43 Å². The molecule has 8 nitrogen and oxygen atoms in total. The standard InChI is InChI=1S/C25H23ClN4O4/c1-16-4-3-5-22(17(16)2)29-24(32)25(33)30-27-14-18-6-12-21(13-7-18)34-15-23(31)28-20-10-8-19(26)9-11-20/h3-14H,15H2,1-2H3,(H,28,31)(H,29,32)(H,30,33)/b27-14-. The van der Waals surface area contributed by atoms with Crippen molar-refractivity contribution in [1.29, 1.82) is 0 Å². The predicted molar refractivity (Wildman–Crippen MR) is 132 cm³/mol. The Morgan fingerprint density at radius 3 is 2.32 bits per heavy atom. The van der Waals surface area contributed by atoms with Crippen molar-refractivity contribution < 1.29 is 19.1 Å². The van der Waals surface area contributed by atoms with E-state index < -0.39 is 11.8 Å². The minimum Gasteiger partial charge on any atom is -0.484 e. The summed E-state index contributed by atoms with van der Waals surface area (Å²) in [5.41, 5.74) is 5.94. The van der Waals surface area contributed by atoms with Crippen LogP contribution in [0.25, 0.3) is 0 Å².